The summed E-state index contributed by atoms with van der Waals surface area (Å²) >= 11 is 0. The minimum Gasteiger partial charge on any atom is -0.325 e. The van der Waals surface area contributed by atoms with Crippen LogP contribution in [0.2, 0.25) is 0 Å². The predicted octanol–water partition coefficient (Wildman–Crippen LogP) is 1.74. The number of benzene rings is 1. The Hall–Kier alpha value is -1.39. The molecular weight excluding hydrogens is 262 g/mol. The van der Waals surface area contributed by atoms with E-state index in [1.807, 2.05) is 12.1 Å². The van der Waals surface area contributed by atoms with E-state index in [-0.39, 0.29) is 5.91 Å². The maximum atomic E-state index is 12.3. The van der Waals surface area contributed by atoms with Crippen molar-refractivity contribution in [1.82, 2.24) is 9.80 Å². The van der Waals surface area contributed by atoms with Crippen molar-refractivity contribution in [2.45, 2.75) is 13.8 Å². The highest BCUT2D eigenvalue weighted by atomic mass is 16.2. The molecule has 0 bridgehead atoms. The van der Waals surface area contributed by atoms with Gasteiger partial charge in [-0.25, -0.2) is 0 Å². The lowest BCUT2D eigenvalue weighted by Crippen LogP contribution is -2.34. The van der Waals surface area contributed by atoms with Crippen molar-refractivity contribution < 1.29 is 4.79 Å². The average molecular weight is 287 g/mol. The standard InChI is InChI=1S/C17H25N3O/c1-12-5-4-6-16(13(12)2)18-17(21)11-20-9-14-7-19(3)8-15(14)10-20/h4-6,14-15H,7-11H2,1-3H3,(H,18,21). The van der Waals surface area contributed by atoms with Crippen molar-refractivity contribution in [1.29, 1.82) is 0 Å². The third-order valence-corrected chi connectivity index (χ3v) is 4.99. The highest BCUT2D eigenvalue weighted by Gasteiger charge is 2.38. The van der Waals surface area contributed by atoms with Crippen molar-refractivity contribution in [2.24, 2.45) is 11.8 Å². The first kappa shape index (κ1) is 14.5. The number of amides is 1. The maximum Gasteiger partial charge on any atom is 0.238 e. The number of carbonyl (C=O) groups is 1. The van der Waals surface area contributed by atoms with Gasteiger partial charge < -0.3 is 10.2 Å². The van der Waals surface area contributed by atoms with E-state index in [9.17, 15) is 4.79 Å². The fraction of sp³-hybridized carbons (Fsp3) is 0.588. The van der Waals surface area contributed by atoms with E-state index < -0.39 is 0 Å². The van der Waals surface area contributed by atoms with E-state index >= 15 is 0 Å². The SMILES string of the molecule is Cc1cccc(NC(=O)CN2CC3CN(C)CC3C2)c1C. The van der Waals surface area contributed by atoms with Crippen molar-refractivity contribution in [3.63, 3.8) is 0 Å². The Morgan fingerprint density at radius 1 is 1.19 bits per heavy atom. The van der Waals surface area contributed by atoms with Gasteiger partial charge in [0, 0.05) is 31.9 Å². The molecule has 114 valence electrons. The number of aryl methyl sites for hydroxylation is 1. The smallest absolute Gasteiger partial charge is 0.238 e. The van der Waals surface area contributed by atoms with Crippen molar-refractivity contribution >= 4 is 11.6 Å². The molecule has 1 aromatic carbocycles. The molecule has 0 spiro atoms. The molecular formula is C17H25N3O. The third kappa shape index (κ3) is 3.11. The molecule has 0 aromatic heterocycles. The molecule has 1 amide bonds. The quantitative estimate of drug-likeness (QED) is 0.920. The first-order chi connectivity index (χ1) is 10.0. The minimum atomic E-state index is 0.108. The normalized spacial score (nSPS) is 26.0. The van der Waals surface area contributed by atoms with Gasteiger partial charge in [0.2, 0.25) is 5.91 Å². The second kappa shape index (κ2) is 5.78. The summed E-state index contributed by atoms with van der Waals surface area (Å²) in [7, 11) is 2.19. The molecule has 2 saturated heterocycles. The van der Waals surface area contributed by atoms with Crippen LogP contribution in [-0.4, -0.2) is 55.5 Å². The van der Waals surface area contributed by atoms with Crippen molar-refractivity contribution in [2.75, 3.05) is 45.1 Å². The zero-order valence-corrected chi connectivity index (χ0v) is 13.2. The predicted molar refractivity (Wildman–Crippen MR) is 85.5 cm³/mol. The largest absolute Gasteiger partial charge is 0.325 e. The summed E-state index contributed by atoms with van der Waals surface area (Å²) in [6.07, 6.45) is 0. The Morgan fingerprint density at radius 3 is 2.52 bits per heavy atom. The van der Waals surface area contributed by atoms with E-state index in [1.54, 1.807) is 0 Å². The Morgan fingerprint density at radius 2 is 1.86 bits per heavy atom. The molecule has 3 rings (SSSR count). The zero-order valence-electron chi connectivity index (χ0n) is 13.2. The summed E-state index contributed by atoms with van der Waals surface area (Å²) < 4.78 is 0. The highest BCUT2D eigenvalue weighted by Crippen LogP contribution is 2.29. The van der Waals surface area contributed by atoms with Crippen LogP contribution in [0.15, 0.2) is 18.2 Å². The molecule has 0 radical (unpaired) electrons. The average Bonchev–Trinajstić information content (AvgIpc) is 2.91. The van der Waals surface area contributed by atoms with Gasteiger partial charge in [-0.05, 0) is 49.9 Å². The summed E-state index contributed by atoms with van der Waals surface area (Å²) in [5.41, 5.74) is 3.32. The first-order valence-electron chi connectivity index (χ1n) is 7.80. The number of rotatable bonds is 3. The van der Waals surface area contributed by atoms with E-state index in [1.165, 1.54) is 18.7 Å². The Bertz CT molecular complexity index is 529. The maximum absolute atomic E-state index is 12.3. The van der Waals surface area contributed by atoms with Crippen LogP contribution in [0.1, 0.15) is 11.1 Å². The van der Waals surface area contributed by atoms with Gasteiger partial charge in [-0.3, -0.25) is 9.69 Å². The lowest BCUT2D eigenvalue weighted by atomic mass is 10.0. The van der Waals surface area contributed by atoms with Crippen LogP contribution in [-0.2, 0) is 4.79 Å². The summed E-state index contributed by atoms with van der Waals surface area (Å²) in [6, 6.07) is 6.05. The number of nitrogens with zero attached hydrogens (tertiary/aromatic N) is 2. The molecule has 1 aromatic rings. The van der Waals surface area contributed by atoms with Crippen molar-refractivity contribution in [3.05, 3.63) is 29.3 Å². The van der Waals surface area contributed by atoms with Crippen LogP contribution in [0.4, 0.5) is 5.69 Å². The van der Waals surface area contributed by atoms with E-state index in [0.717, 1.165) is 36.2 Å². The van der Waals surface area contributed by atoms with Gasteiger partial charge in [-0.15, -0.1) is 0 Å². The molecule has 2 heterocycles. The molecule has 0 aliphatic carbocycles. The molecule has 4 nitrogen and oxygen atoms in total. The molecule has 0 saturated carbocycles. The van der Waals surface area contributed by atoms with E-state index in [4.69, 9.17) is 0 Å². The molecule has 2 unspecified atom stereocenters. The highest BCUT2D eigenvalue weighted by molar-refractivity contribution is 5.93. The minimum absolute atomic E-state index is 0.108. The van der Waals surface area contributed by atoms with Gasteiger partial charge in [0.15, 0.2) is 0 Å². The summed E-state index contributed by atoms with van der Waals surface area (Å²) in [5.74, 6) is 1.61. The number of hydrogen-bond acceptors (Lipinski definition) is 3. The topological polar surface area (TPSA) is 35.6 Å². The molecule has 2 aliphatic rings. The number of carbonyl (C=O) groups excluding carboxylic acids is 1. The number of fused-ring (bicyclic) bond motifs is 1. The summed E-state index contributed by atoms with van der Waals surface area (Å²) in [6.45, 7) is 9.14. The van der Waals surface area contributed by atoms with Crippen molar-refractivity contribution in [3.8, 4) is 0 Å². The molecule has 4 heteroatoms. The number of likely N-dealkylation sites (tertiary alicyclic amines) is 2. The van der Waals surface area contributed by atoms with Crippen LogP contribution in [0.25, 0.3) is 0 Å². The third-order valence-electron chi connectivity index (χ3n) is 4.99. The van der Waals surface area contributed by atoms with Crippen LogP contribution >= 0.6 is 0 Å². The monoisotopic (exact) mass is 287 g/mol. The molecule has 2 fully saturated rings. The molecule has 2 aliphatic heterocycles. The Balaban J connectivity index is 1.55. The Kier molecular flexibility index (Phi) is 4.00. The van der Waals surface area contributed by atoms with E-state index in [0.29, 0.717) is 6.54 Å². The van der Waals surface area contributed by atoms with Crippen LogP contribution < -0.4 is 5.32 Å². The van der Waals surface area contributed by atoms with Crippen LogP contribution in [0.5, 0.6) is 0 Å². The van der Waals surface area contributed by atoms with Gasteiger partial charge in [0.05, 0.1) is 6.54 Å². The second-order valence-electron chi connectivity index (χ2n) is 6.73. The fourth-order valence-corrected chi connectivity index (χ4v) is 3.73. The lowest BCUT2D eigenvalue weighted by molar-refractivity contribution is -0.117. The lowest BCUT2D eigenvalue weighted by Gasteiger charge is -2.19. The summed E-state index contributed by atoms with van der Waals surface area (Å²) in [5, 5.41) is 3.06. The Labute approximate surface area is 127 Å². The number of anilines is 1. The molecule has 21 heavy (non-hydrogen) atoms. The molecule has 2 atom stereocenters. The number of hydrogen-bond donors (Lipinski definition) is 1. The van der Waals surface area contributed by atoms with E-state index in [2.05, 4.69) is 42.1 Å². The van der Waals surface area contributed by atoms with Crippen LogP contribution in [0.3, 0.4) is 0 Å². The molecule has 1 N–H and O–H groups in total. The van der Waals surface area contributed by atoms with Gasteiger partial charge in [0.25, 0.3) is 0 Å². The number of nitrogens with one attached hydrogen (secondary N) is 1. The van der Waals surface area contributed by atoms with Gasteiger partial charge >= 0.3 is 0 Å². The van der Waals surface area contributed by atoms with Gasteiger partial charge in [-0.2, -0.15) is 0 Å². The zero-order chi connectivity index (χ0) is 15.0. The second-order valence-corrected chi connectivity index (χ2v) is 6.73. The van der Waals surface area contributed by atoms with Crippen LogP contribution in [0, 0.1) is 25.7 Å². The summed E-state index contributed by atoms with van der Waals surface area (Å²) in [4.78, 5) is 17.0. The first-order valence-corrected chi connectivity index (χ1v) is 7.80. The van der Waals surface area contributed by atoms with Gasteiger partial charge in [-0.1, -0.05) is 12.1 Å². The van der Waals surface area contributed by atoms with Gasteiger partial charge in [0.1, 0.15) is 0 Å². The fourth-order valence-electron chi connectivity index (χ4n) is 3.73.